The van der Waals surface area contributed by atoms with Crippen LogP contribution >= 0.6 is 11.3 Å². The smallest absolute Gasteiger partial charge is 0.236 e. The maximum atomic E-state index is 12.8. The Balaban J connectivity index is 1.37. The van der Waals surface area contributed by atoms with Gasteiger partial charge in [0.05, 0.1) is 10.2 Å². The maximum Gasteiger partial charge on any atom is 0.236 e. The number of fused-ring (bicyclic) bond motifs is 1. The highest BCUT2D eigenvalue weighted by atomic mass is 32.2. The van der Waals surface area contributed by atoms with E-state index >= 15 is 0 Å². The van der Waals surface area contributed by atoms with Gasteiger partial charge in [-0.2, -0.15) is 4.31 Å². The van der Waals surface area contributed by atoms with Gasteiger partial charge in [0, 0.05) is 24.4 Å². The molecule has 1 aromatic heterocycles. The summed E-state index contributed by atoms with van der Waals surface area (Å²) in [6.45, 7) is 4.71. The van der Waals surface area contributed by atoms with Crippen molar-refractivity contribution in [3.05, 3.63) is 64.6 Å². The van der Waals surface area contributed by atoms with Crippen molar-refractivity contribution >= 4 is 48.7 Å². The van der Waals surface area contributed by atoms with Gasteiger partial charge in [-0.15, -0.1) is 0 Å². The first kappa shape index (κ1) is 21.7. The number of carbonyl (C=O) groups excluding carboxylic acids is 1. The number of thiazole rings is 1. The van der Waals surface area contributed by atoms with Crippen molar-refractivity contribution in [1.82, 2.24) is 9.29 Å². The molecule has 162 valence electrons. The van der Waals surface area contributed by atoms with E-state index in [1.807, 2.05) is 50.2 Å². The van der Waals surface area contributed by atoms with Crippen LogP contribution in [0.2, 0.25) is 0 Å². The molecular weight excluding hydrogens is 430 g/mol. The molecule has 0 atom stereocenters. The lowest BCUT2D eigenvalue weighted by Crippen LogP contribution is -2.40. The van der Waals surface area contributed by atoms with E-state index in [0.29, 0.717) is 31.1 Å². The van der Waals surface area contributed by atoms with Gasteiger partial charge in [0.2, 0.25) is 15.9 Å². The fourth-order valence-corrected chi connectivity index (χ4v) is 5.94. The third-order valence-corrected chi connectivity index (χ3v) is 8.26. The SMILES string of the molecule is Cc1ccc(C)c2sc(NC(=O)C3CCN(S(=O)(=O)/C=C/c4ccccc4)CC3)nc12. The van der Waals surface area contributed by atoms with Crippen LogP contribution in [0.4, 0.5) is 5.13 Å². The number of carbonyl (C=O) groups is 1. The summed E-state index contributed by atoms with van der Waals surface area (Å²) in [4.78, 5) is 17.3. The van der Waals surface area contributed by atoms with Crippen molar-refractivity contribution in [2.45, 2.75) is 26.7 Å². The van der Waals surface area contributed by atoms with Crippen LogP contribution in [0.25, 0.3) is 16.3 Å². The molecule has 6 nitrogen and oxygen atoms in total. The zero-order valence-electron chi connectivity index (χ0n) is 17.5. The second kappa shape index (κ2) is 8.90. The van der Waals surface area contributed by atoms with Gasteiger partial charge in [-0.1, -0.05) is 53.8 Å². The summed E-state index contributed by atoms with van der Waals surface area (Å²) in [5.74, 6) is -0.315. The summed E-state index contributed by atoms with van der Waals surface area (Å²) in [5, 5.41) is 4.78. The number of hydrogen-bond acceptors (Lipinski definition) is 5. The first-order valence-corrected chi connectivity index (χ1v) is 12.6. The van der Waals surface area contributed by atoms with Crippen LogP contribution in [0.5, 0.6) is 0 Å². The topological polar surface area (TPSA) is 79.4 Å². The standard InChI is InChI=1S/C23H25N3O3S2/c1-16-8-9-17(2)21-20(16)24-23(30-21)25-22(27)19-10-13-26(14-11-19)31(28,29)15-12-18-6-4-3-5-7-18/h3-9,12,15,19H,10-11,13-14H2,1-2H3,(H,24,25,27)/b15-12+. The molecule has 31 heavy (non-hydrogen) atoms. The fourth-order valence-electron chi connectivity index (χ4n) is 3.71. The van der Waals surface area contributed by atoms with E-state index in [1.54, 1.807) is 6.08 Å². The summed E-state index contributed by atoms with van der Waals surface area (Å²) in [7, 11) is -3.51. The predicted molar refractivity (Wildman–Crippen MR) is 126 cm³/mol. The molecule has 1 fully saturated rings. The molecule has 3 aromatic rings. The van der Waals surface area contributed by atoms with Gasteiger partial charge in [-0.05, 0) is 49.5 Å². The molecule has 0 spiro atoms. The Kier molecular flexibility index (Phi) is 6.22. The summed E-state index contributed by atoms with van der Waals surface area (Å²) in [6.07, 6.45) is 2.59. The second-order valence-electron chi connectivity index (χ2n) is 7.82. The first-order chi connectivity index (χ1) is 14.8. The van der Waals surface area contributed by atoms with Crippen molar-refractivity contribution in [3.8, 4) is 0 Å². The van der Waals surface area contributed by atoms with Gasteiger partial charge in [0.15, 0.2) is 5.13 Å². The number of piperidine rings is 1. The summed E-state index contributed by atoms with van der Waals surface area (Å²) in [5.41, 5.74) is 3.98. The maximum absolute atomic E-state index is 12.8. The van der Waals surface area contributed by atoms with Gasteiger partial charge in [-0.25, -0.2) is 13.4 Å². The predicted octanol–water partition coefficient (Wildman–Crippen LogP) is 4.56. The van der Waals surface area contributed by atoms with Crippen molar-refractivity contribution in [2.24, 2.45) is 5.92 Å². The molecule has 1 aliphatic rings. The number of amides is 1. The number of sulfonamides is 1. The minimum Gasteiger partial charge on any atom is -0.302 e. The van der Waals surface area contributed by atoms with Crippen molar-refractivity contribution in [1.29, 1.82) is 0 Å². The Bertz CT molecular complexity index is 1190. The molecule has 1 saturated heterocycles. The van der Waals surface area contributed by atoms with E-state index in [0.717, 1.165) is 26.9 Å². The Morgan fingerprint density at radius 1 is 1.10 bits per heavy atom. The van der Waals surface area contributed by atoms with Gasteiger partial charge in [0.1, 0.15) is 0 Å². The van der Waals surface area contributed by atoms with Crippen LogP contribution in [0, 0.1) is 19.8 Å². The van der Waals surface area contributed by atoms with Crippen LogP contribution in [-0.4, -0.2) is 36.7 Å². The minimum absolute atomic E-state index is 0.0914. The number of rotatable bonds is 5. The van der Waals surface area contributed by atoms with E-state index in [-0.39, 0.29) is 11.8 Å². The van der Waals surface area contributed by atoms with Crippen molar-refractivity contribution < 1.29 is 13.2 Å². The quantitative estimate of drug-likeness (QED) is 0.611. The number of nitrogens with zero attached hydrogens (tertiary/aromatic N) is 2. The van der Waals surface area contributed by atoms with E-state index in [1.165, 1.54) is 21.1 Å². The highest BCUT2D eigenvalue weighted by molar-refractivity contribution is 7.92. The molecule has 0 saturated carbocycles. The average molecular weight is 456 g/mol. The normalized spacial score (nSPS) is 16.2. The number of aromatic nitrogens is 1. The number of benzene rings is 2. The molecule has 0 bridgehead atoms. The number of aryl methyl sites for hydroxylation is 2. The monoisotopic (exact) mass is 455 g/mol. The number of nitrogens with one attached hydrogen (secondary N) is 1. The fraction of sp³-hybridized carbons (Fsp3) is 0.304. The molecule has 2 aromatic carbocycles. The number of anilines is 1. The molecular formula is C23H25N3O3S2. The molecule has 1 N–H and O–H groups in total. The lowest BCUT2D eigenvalue weighted by molar-refractivity contribution is -0.120. The van der Waals surface area contributed by atoms with E-state index in [4.69, 9.17) is 0 Å². The molecule has 8 heteroatoms. The van der Waals surface area contributed by atoms with Gasteiger partial charge in [-0.3, -0.25) is 4.79 Å². The molecule has 0 radical (unpaired) electrons. The molecule has 0 aliphatic carbocycles. The highest BCUT2D eigenvalue weighted by Crippen LogP contribution is 2.31. The summed E-state index contributed by atoms with van der Waals surface area (Å²) < 4.78 is 27.8. The van der Waals surface area contributed by atoms with Crippen molar-refractivity contribution in [2.75, 3.05) is 18.4 Å². The molecule has 1 amide bonds. The Hall–Kier alpha value is -2.55. The van der Waals surface area contributed by atoms with E-state index in [9.17, 15) is 13.2 Å². The largest absolute Gasteiger partial charge is 0.302 e. The molecule has 1 aliphatic heterocycles. The second-order valence-corrected chi connectivity index (χ2v) is 10.6. The highest BCUT2D eigenvalue weighted by Gasteiger charge is 2.30. The van der Waals surface area contributed by atoms with E-state index < -0.39 is 10.0 Å². The van der Waals surface area contributed by atoms with Crippen LogP contribution in [0.15, 0.2) is 47.9 Å². The summed E-state index contributed by atoms with van der Waals surface area (Å²) in [6, 6.07) is 13.4. The van der Waals surface area contributed by atoms with Gasteiger partial charge in [0.25, 0.3) is 0 Å². The third-order valence-electron chi connectivity index (χ3n) is 5.59. The Morgan fingerprint density at radius 3 is 2.45 bits per heavy atom. The van der Waals surface area contributed by atoms with Gasteiger partial charge >= 0.3 is 0 Å². The zero-order chi connectivity index (χ0) is 22.0. The van der Waals surface area contributed by atoms with Crippen LogP contribution in [0.1, 0.15) is 29.5 Å². The third kappa shape index (κ3) is 4.87. The lowest BCUT2D eigenvalue weighted by Gasteiger charge is -2.29. The van der Waals surface area contributed by atoms with Crippen LogP contribution in [-0.2, 0) is 14.8 Å². The van der Waals surface area contributed by atoms with Gasteiger partial charge < -0.3 is 5.32 Å². The molecule has 4 rings (SSSR count). The lowest BCUT2D eigenvalue weighted by atomic mass is 9.97. The minimum atomic E-state index is -3.51. The summed E-state index contributed by atoms with van der Waals surface area (Å²) >= 11 is 1.48. The van der Waals surface area contributed by atoms with E-state index in [2.05, 4.69) is 16.4 Å². The first-order valence-electron chi connectivity index (χ1n) is 10.2. The van der Waals surface area contributed by atoms with Crippen LogP contribution in [0.3, 0.4) is 0 Å². The number of hydrogen-bond donors (Lipinski definition) is 1. The van der Waals surface area contributed by atoms with Crippen LogP contribution < -0.4 is 5.32 Å². The Morgan fingerprint density at radius 2 is 1.77 bits per heavy atom. The average Bonchev–Trinajstić information content (AvgIpc) is 3.21. The van der Waals surface area contributed by atoms with Crippen molar-refractivity contribution in [3.63, 3.8) is 0 Å². The molecule has 0 unspecified atom stereocenters. The molecule has 2 heterocycles. The zero-order valence-corrected chi connectivity index (χ0v) is 19.2. The Labute approximate surface area is 186 Å².